The average molecular weight is 287 g/mol. The fourth-order valence-electron chi connectivity index (χ4n) is 2.17. The van der Waals surface area contributed by atoms with Crippen LogP contribution < -0.4 is 10.6 Å². The molecule has 0 aliphatic rings. The Morgan fingerprint density at radius 2 is 2.10 bits per heavy atom. The molecule has 0 bridgehead atoms. The molecule has 114 valence electrons. The van der Waals surface area contributed by atoms with Gasteiger partial charge in [0.05, 0.1) is 17.4 Å². The van der Waals surface area contributed by atoms with Crippen molar-refractivity contribution >= 4 is 17.0 Å². The van der Waals surface area contributed by atoms with E-state index >= 15 is 0 Å². The van der Waals surface area contributed by atoms with Crippen molar-refractivity contribution in [2.75, 3.05) is 20.1 Å². The zero-order valence-corrected chi connectivity index (χ0v) is 13.1. The van der Waals surface area contributed by atoms with Crippen molar-refractivity contribution in [1.29, 1.82) is 0 Å². The summed E-state index contributed by atoms with van der Waals surface area (Å²) in [6.45, 7) is 7.15. The van der Waals surface area contributed by atoms with Gasteiger partial charge in [-0.15, -0.1) is 0 Å². The second-order valence-corrected chi connectivity index (χ2v) is 5.55. The molecule has 0 saturated heterocycles. The number of hydrogen-bond donors (Lipinski definition) is 2. The molecular formula is C16H25N5. The fourth-order valence-corrected chi connectivity index (χ4v) is 2.17. The van der Waals surface area contributed by atoms with Crippen molar-refractivity contribution < 1.29 is 0 Å². The quantitative estimate of drug-likeness (QED) is 0.487. The average Bonchev–Trinajstić information content (AvgIpc) is 2.90. The molecule has 0 saturated carbocycles. The van der Waals surface area contributed by atoms with Crippen molar-refractivity contribution in [2.45, 2.75) is 26.8 Å². The molecule has 0 spiro atoms. The zero-order chi connectivity index (χ0) is 15.1. The van der Waals surface area contributed by atoms with Crippen molar-refractivity contribution in [3.05, 3.63) is 30.6 Å². The van der Waals surface area contributed by atoms with Crippen molar-refractivity contribution in [1.82, 2.24) is 20.2 Å². The van der Waals surface area contributed by atoms with Gasteiger partial charge in [0.25, 0.3) is 0 Å². The number of para-hydroxylation sites is 2. The third-order valence-electron chi connectivity index (χ3n) is 3.30. The number of nitrogens with one attached hydrogen (secondary N) is 2. The van der Waals surface area contributed by atoms with E-state index in [2.05, 4.69) is 51.2 Å². The molecule has 0 aliphatic carbocycles. The molecule has 0 atom stereocenters. The van der Waals surface area contributed by atoms with E-state index in [0.29, 0.717) is 5.92 Å². The molecule has 5 nitrogen and oxygen atoms in total. The van der Waals surface area contributed by atoms with Gasteiger partial charge in [-0.1, -0.05) is 26.0 Å². The van der Waals surface area contributed by atoms with Gasteiger partial charge in [-0.3, -0.25) is 4.99 Å². The zero-order valence-electron chi connectivity index (χ0n) is 13.1. The first-order chi connectivity index (χ1) is 10.2. The molecular weight excluding hydrogens is 262 g/mol. The number of rotatable bonds is 6. The fraction of sp³-hybridized carbons (Fsp3) is 0.500. The van der Waals surface area contributed by atoms with Crippen LogP contribution >= 0.6 is 0 Å². The number of fused-ring (bicyclic) bond motifs is 1. The standard InChI is InChI=1S/C16H25N5/c1-13(2)11-19-16(17-3)18-9-6-10-21-12-20-14-7-4-5-8-15(14)21/h4-5,7-8,12-13H,6,9-11H2,1-3H3,(H2,17,18,19). The lowest BCUT2D eigenvalue weighted by atomic mass is 10.2. The van der Waals surface area contributed by atoms with Crippen LogP contribution in [0.4, 0.5) is 0 Å². The first kappa shape index (κ1) is 15.4. The van der Waals surface area contributed by atoms with Crippen LogP contribution in [0.25, 0.3) is 11.0 Å². The SMILES string of the molecule is CN=C(NCCCn1cnc2ccccc21)NCC(C)C. The summed E-state index contributed by atoms with van der Waals surface area (Å²) in [7, 11) is 1.80. The van der Waals surface area contributed by atoms with Gasteiger partial charge in [0.1, 0.15) is 0 Å². The highest BCUT2D eigenvalue weighted by Crippen LogP contribution is 2.11. The number of aliphatic imine (C=N–C) groups is 1. The van der Waals surface area contributed by atoms with Gasteiger partial charge >= 0.3 is 0 Å². The Balaban J connectivity index is 1.76. The number of aromatic nitrogens is 2. The largest absolute Gasteiger partial charge is 0.356 e. The number of nitrogens with zero attached hydrogens (tertiary/aromatic N) is 3. The maximum Gasteiger partial charge on any atom is 0.190 e. The summed E-state index contributed by atoms with van der Waals surface area (Å²) >= 11 is 0. The Labute approximate surface area is 126 Å². The molecule has 1 aromatic carbocycles. The van der Waals surface area contributed by atoms with Crippen molar-refractivity contribution in [2.24, 2.45) is 10.9 Å². The number of hydrogen-bond acceptors (Lipinski definition) is 2. The second-order valence-electron chi connectivity index (χ2n) is 5.55. The molecule has 5 heteroatoms. The van der Waals surface area contributed by atoms with Gasteiger partial charge < -0.3 is 15.2 Å². The van der Waals surface area contributed by atoms with Gasteiger partial charge in [-0.2, -0.15) is 0 Å². The molecule has 21 heavy (non-hydrogen) atoms. The monoisotopic (exact) mass is 287 g/mol. The number of guanidine groups is 1. The third-order valence-corrected chi connectivity index (χ3v) is 3.30. The molecule has 2 rings (SSSR count). The molecule has 0 unspecified atom stereocenters. The Morgan fingerprint density at radius 3 is 2.86 bits per heavy atom. The number of aryl methyl sites for hydroxylation is 1. The van der Waals surface area contributed by atoms with Gasteiger partial charge in [0, 0.05) is 26.7 Å². The smallest absolute Gasteiger partial charge is 0.190 e. The van der Waals surface area contributed by atoms with E-state index in [9.17, 15) is 0 Å². The minimum Gasteiger partial charge on any atom is -0.356 e. The maximum atomic E-state index is 4.40. The first-order valence-electron chi connectivity index (χ1n) is 7.55. The molecule has 1 heterocycles. The van der Waals surface area contributed by atoms with E-state index < -0.39 is 0 Å². The van der Waals surface area contributed by atoms with Gasteiger partial charge in [0.15, 0.2) is 5.96 Å². The van der Waals surface area contributed by atoms with Crippen LogP contribution in [0.15, 0.2) is 35.6 Å². The Kier molecular flexibility index (Phi) is 5.60. The topological polar surface area (TPSA) is 54.2 Å². The van der Waals surface area contributed by atoms with Gasteiger partial charge in [0.2, 0.25) is 0 Å². The lowest BCUT2D eigenvalue weighted by Gasteiger charge is -2.13. The minimum absolute atomic E-state index is 0.612. The lowest BCUT2D eigenvalue weighted by Crippen LogP contribution is -2.39. The highest BCUT2D eigenvalue weighted by molar-refractivity contribution is 5.79. The first-order valence-corrected chi connectivity index (χ1v) is 7.55. The summed E-state index contributed by atoms with van der Waals surface area (Å²) in [6.07, 6.45) is 2.94. The van der Waals surface area contributed by atoms with Gasteiger partial charge in [-0.05, 0) is 24.5 Å². The van der Waals surface area contributed by atoms with Crippen LogP contribution in [0.2, 0.25) is 0 Å². The minimum atomic E-state index is 0.612. The molecule has 0 amide bonds. The van der Waals surface area contributed by atoms with E-state index in [1.807, 2.05) is 18.5 Å². The van der Waals surface area contributed by atoms with Crippen LogP contribution in [-0.2, 0) is 6.54 Å². The van der Waals surface area contributed by atoms with E-state index in [1.54, 1.807) is 7.05 Å². The maximum absolute atomic E-state index is 4.40. The number of benzene rings is 1. The summed E-state index contributed by atoms with van der Waals surface area (Å²) in [5.41, 5.74) is 2.25. The lowest BCUT2D eigenvalue weighted by molar-refractivity contribution is 0.603. The molecule has 2 N–H and O–H groups in total. The van der Waals surface area contributed by atoms with Crippen LogP contribution in [0, 0.1) is 5.92 Å². The molecule has 0 aliphatic heterocycles. The van der Waals surface area contributed by atoms with Crippen molar-refractivity contribution in [3.63, 3.8) is 0 Å². The predicted molar refractivity (Wildman–Crippen MR) is 88.6 cm³/mol. The summed E-state index contributed by atoms with van der Waals surface area (Å²) in [5.74, 6) is 1.49. The van der Waals surface area contributed by atoms with E-state index in [4.69, 9.17) is 0 Å². The van der Waals surface area contributed by atoms with Crippen LogP contribution in [0.3, 0.4) is 0 Å². The highest BCUT2D eigenvalue weighted by atomic mass is 15.2. The van der Waals surface area contributed by atoms with Crippen LogP contribution in [-0.4, -0.2) is 35.6 Å². The molecule has 2 aromatic rings. The third kappa shape index (κ3) is 4.48. The normalized spacial score (nSPS) is 12.1. The van der Waals surface area contributed by atoms with Crippen LogP contribution in [0.5, 0.6) is 0 Å². The van der Waals surface area contributed by atoms with Gasteiger partial charge in [-0.25, -0.2) is 4.98 Å². The van der Waals surface area contributed by atoms with Crippen molar-refractivity contribution in [3.8, 4) is 0 Å². The van der Waals surface area contributed by atoms with E-state index in [-0.39, 0.29) is 0 Å². The predicted octanol–water partition coefficient (Wildman–Crippen LogP) is 2.25. The summed E-state index contributed by atoms with van der Waals surface area (Å²) in [5, 5.41) is 6.65. The summed E-state index contributed by atoms with van der Waals surface area (Å²) in [6, 6.07) is 8.22. The number of imidazole rings is 1. The van der Waals surface area contributed by atoms with E-state index in [1.165, 1.54) is 5.52 Å². The van der Waals surface area contributed by atoms with Crippen LogP contribution in [0.1, 0.15) is 20.3 Å². The molecule has 1 aromatic heterocycles. The second kappa shape index (κ2) is 7.67. The summed E-state index contributed by atoms with van der Waals surface area (Å²) < 4.78 is 2.20. The highest BCUT2D eigenvalue weighted by Gasteiger charge is 2.02. The molecule has 0 radical (unpaired) electrons. The Morgan fingerprint density at radius 1 is 1.29 bits per heavy atom. The Bertz CT molecular complexity index is 585. The molecule has 0 fully saturated rings. The summed E-state index contributed by atoms with van der Waals surface area (Å²) in [4.78, 5) is 8.62. The van der Waals surface area contributed by atoms with E-state index in [0.717, 1.165) is 37.5 Å². The Hall–Kier alpha value is -2.04.